The summed E-state index contributed by atoms with van der Waals surface area (Å²) < 4.78 is 23.5. The normalized spacial score (nSPS) is 17.6. The molecule has 0 spiro atoms. The van der Waals surface area contributed by atoms with Gasteiger partial charge in [-0.05, 0) is 73.6 Å². The second-order valence-corrected chi connectivity index (χ2v) is 10.6. The molecule has 0 bridgehead atoms. The minimum atomic E-state index is -0.641. The van der Waals surface area contributed by atoms with E-state index in [1.165, 1.54) is 22.3 Å². The molecule has 196 valence electrons. The van der Waals surface area contributed by atoms with Crippen molar-refractivity contribution in [3.63, 3.8) is 0 Å². The molecule has 1 amide bonds. The molecule has 1 aliphatic heterocycles. The number of amides is 1. The van der Waals surface area contributed by atoms with Gasteiger partial charge in [0.1, 0.15) is 12.4 Å². The van der Waals surface area contributed by atoms with E-state index in [9.17, 15) is 4.79 Å². The van der Waals surface area contributed by atoms with Crippen LogP contribution < -0.4 is 10.1 Å². The monoisotopic (exact) mass is 512 g/mol. The first-order chi connectivity index (χ1) is 18.2. The Labute approximate surface area is 224 Å². The lowest BCUT2D eigenvalue weighted by Crippen LogP contribution is -2.41. The van der Waals surface area contributed by atoms with Crippen molar-refractivity contribution in [2.24, 2.45) is 0 Å². The Morgan fingerprint density at radius 1 is 0.974 bits per heavy atom. The molecule has 1 saturated heterocycles. The number of pyridine rings is 1. The number of hydrogen-bond acceptors (Lipinski definition) is 6. The second-order valence-electron chi connectivity index (χ2n) is 10.6. The van der Waals surface area contributed by atoms with Crippen LogP contribution in [0.3, 0.4) is 0 Å². The maximum absolute atomic E-state index is 12.9. The minimum Gasteiger partial charge on any atom is -0.495 e. The zero-order chi connectivity index (χ0) is 26.9. The molecule has 1 fully saturated rings. The van der Waals surface area contributed by atoms with Gasteiger partial charge in [0.25, 0.3) is 0 Å². The van der Waals surface area contributed by atoms with Crippen LogP contribution in [0.1, 0.15) is 50.4 Å². The number of aromatic nitrogens is 1. The molecule has 7 nitrogen and oxygen atoms in total. The van der Waals surface area contributed by atoms with Crippen LogP contribution in [-0.2, 0) is 14.0 Å². The summed E-state index contributed by atoms with van der Waals surface area (Å²) in [4.78, 5) is 17.3. The van der Waals surface area contributed by atoms with E-state index in [-0.39, 0.29) is 19.1 Å². The molecule has 0 saturated carbocycles. The van der Waals surface area contributed by atoms with Gasteiger partial charge in [0.2, 0.25) is 0 Å². The average molecular weight is 512 g/mol. The lowest BCUT2D eigenvalue weighted by molar-refractivity contribution is 0.00578. The van der Waals surface area contributed by atoms with E-state index in [2.05, 4.69) is 34.6 Å². The van der Waals surface area contributed by atoms with Gasteiger partial charge >= 0.3 is 13.2 Å². The molecule has 1 N–H and O–H groups in total. The summed E-state index contributed by atoms with van der Waals surface area (Å²) in [6.45, 7) is 8.41. The van der Waals surface area contributed by atoms with Crippen LogP contribution in [0.15, 0.2) is 72.3 Å². The molecule has 2 aromatic carbocycles. The Hall–Kier alpha value is -3.62. The quantitative estimate of drug-likeness (QED) is 0.413. The third-order valence-corrected chi connectivity index (χ3v) is 7.66. The maximum atomic E-state index is 12.9. The minimum absolute atomic E-state index is 0.00485. The summed E-state index contributed by atoms with van der Waals surface area (Å²) in [6, 6.07) is 20.2. The Balaban J connectivity index is 1.29. The number of hydrogen-bond donors (Lipinski definition) is 1. The topological polar surface area (TPSA) is 78.9 Å². The van der Waals surface area contributed by atoms with Crippen LogP contribution >= 0.6 is 0 Å². The van der Waals surface area contributed by atoms with E-state index in [1.807, 2.05) is 70.2 Å². The van der Waals surface area contributed by atoms with Gasteiger partial charge in [0.05, 0.1) is 30.2 Å². The first-order valence-corrected chi connectivity index (χ1v) is 12.8. The van der Waals surface area contributed by atoms with Crippen molar-refractivity contribution < 1.29 is 23.6 Å². The van der Waals surface area contributed by atoms with Crippen molar-refractivity contribution >= 4 is 19.3 Å². The number of ether oxygens (including phenoxy) is 2. The number of nitrogens with zero attached hydrogens (tertiary/aromatic N) is 1. The van der Waals surface area contributed by atoms with E-state index in [0.29, 0.717) is 11.4 Å². The smallest absolute Gasteiger partial charge is 0.492 e. The van der Waals surface area contributed by atoms with Crippen molar-refractivity contribution in [1.82, 2.24) is 10.3 Å². The summed E-state index contributed by atoms with van der Waals surface area (Å²) >= 11 is 0. The Morgan fingerprint density at radius 3 is 2.13 bits per heavy atom. The van der Waals surface area contributed by atoms with Crippen LogP contribution in [0.4, 0.5) is 4.79 Å². The molecule has 5 rings (SSSR count). The predicted octanol–water partition coefficient (Wildman–Crippen LogP) is 5.64. The highest BCUT2D eigenvalue weighted by Gasteiger charge is 2.52. The van der Waals surface area contributed by atoms with Gasteiger partial charge in [-0.15, -0.1) is 0 Å². The van der Waals surface area contributed by atoms with Crippen LogP contribution in [0, 0.1) is 0 Å². The molecular weight excluding hydrogens is 479 g/mol. The number of methoxy groups -OCH3 is 1. The van der Waals surface area contributed by atoms with Crippen molar-refractivity contribution in [1.29, 1.82) is 0 Å². The van der Waals surface area contributed by atoms with Gasteiger partial charge in [-0.1, -0.05) is 48.5 Å². The molecule has 38 heavy (non-hydrogen) atoms. The molecule has 2 aliphatic rings. The highest BCUT2D eigenvalue weighted by atomic mass is 16.7. The standard InChI is InChI=1S/C30H33BN2O5/c1-29(2)30(3,4)38-31(37-29)20(16-21-14-15-22(35-5)18-32-21)17-33-28(34)36-19-27-25-12-8-6-10-23(25)24-11-7-9-13-26(24)27/h6-16,18,27H,17,19H2,1-5H3,(H,33,34). The van der Waals surface area contributed by atoms with E-state index >= 15 is 0 Å². The molecule has 3 aromatic rings. The third kappa shape index (κ3) is 5.06. The molecule has 0 radical (unpaired) electrons. The largest absolute Gasteiger partial charge is 0.495 e. The molecule has 0 unspecified atom stereocenters. The average Bonchev–Trinajstić information content (AvgIpc) is 3.34. The predicted molar refractivity (Wildman–Crippen MR) is 148 cm³/mol. The van der Waals surface area contributed by atoms with Crippen LogP contribution in [0.5, 0.6) is 5.75 Å². The van der Waals surface area contributed by atoms with Crippen molar-refractivity contribution in [3.05, 3.63) is 89.2 Å². The van der Waals surface area contributed by atoms with Gasteiger partial charge in [0.15, 0.2) is 0 Å². The zero-order valence-corrected chi connectivity index (χ0v) is 22.5. The fourth-order valence-corrected chi connectivity index (χ4v) is 4.81. The molecule has 1 aliphatic carbocycles. The molecule has 2 heterocycles. The van der Waals surface area contributed by atoms with Gasteiger partial charge in [-0.25, -0.2) is 4.79 Å². The van der Waals surface area contributed by atoms with Gasteiger partial charge in [-0.2, -0.15) is 0 Å². The fourth-order valence-electron chi connectivity index (χ4n) is 4.81. The summed E-state index contributed by atoms with van der Waals surface area (Å²) in [5.74, 6) is 0.658. The highest BCUT2D eigenvalue weighted by Crippen LogP contribution is 2.44. The van der Waals surface area contributed by atoms with E-state index in [4.69, 9.17) is 18.8 Å². The van der Waals surface area contributed by atoms with Crippen molar-refractivity contribution in [3.8, 4) is 16.9 Å². The van der Waals surface area contributed by atoms with Gasteiger partial charge < -0.3 is 24.1 Å². The van der Waals surface area contributed by atoms with Crippen LogP contribution in [-0.4, -0.2) is 49.7 Å². The number of benzene rings is 2. The first-order valence-electron chi connectivity index (χ1n) is 12.8. The van der Waals surface area contributed by atoms with E-state index in [0.717, 1.165) is 5.47 Å². The number of fused-ring (bicyclic) bond motifs is 3. The summed E-state index contributed by atoms with van der Waals surface area (Å²) in [5, 5.41) is 2.89. The summed E-state index contributed by atoms with van der Waals surface area (Å²) in [6.07, 6.45) is 3.01. The number of alkyl carbamates (subject to hydrolysis) is 1. The lowest BCUT2D eigenvalue weighted by atomic mass is 9.77. The second kappa shape index (κ2) is 10.3. The number of carbonyl (C=O) groups is 1. The third-order valence-electron chi connectivity index (χ3n) is 7.66. The summed E-state index contributed by atoms with van der Waals surface area (Å²) in [7, 11) is 0.957. The SMILES string of the molecule is COc1ccc(C=C(CNC(=O)OCC2c3ccccc3-c3ccccc32)B2OC(C)(C)C(C)(C)O2)nc1. The highest BCUT2D eigenvalue weighted by molar-refractivity contribution is 6.56. The molecular formula is C30H33BN2O5. The van der Waals surface area contributed by atoms with Gasteiger partial charge in [0, 0.05) is 12.5 Å². The Morgan fingerprint density at radius 2 is 1.58 bits per heavy atom. The van der Waals surface area contributed by atoms with E-state index in [1.54, 1.807) is 13.3 Å². The zero-order valence-electron chi connectivity index (χ0n) is 22.5. The van der Waals surface area contributed by atoms with Crippen molar-refractivity contribution in [2.45, 2.75) is 44.8 Å². The molecule has 0 atom stereocenters. The lowest BCUT2D eigenvalue weighted by Gasteiger charge is -2.32. The summed E-state index contributed by atoms with van der Waals surface area (Å²) in [5.41, 5.74) is 5.11. The van der Waals surface area contributed by atoms with E-state index < -0.39 is 24.4 Å². The number of carbonyl (C=O) groups excluding carboxylic acids is 1. The van der Waals surface area contributed by atoms with Crippen LogP contribution in [0.25, 0.3) is 17.2 Å². The fraction of sp³-hybridized carbons (Fsp3) is 0.333. The number of nitrogens with one attached hydrogen (secondary N) is 1. The molecule has 8 heteroatoms. The first kappa shape index (κ1) is 26.0. The van der Waals surface area contributed by atoms with Gasteiger partial charge in [-0.3, -0.25) is 4.98 Å². The Bertz CT molecular complexity index is 1290. The Kier molecular flexibility index (Phi) is 7.03. The number of rotatable bonds is 7. The van der Waals surface area contributed by atoms with Crippen LogP contribution in [0.2, 0.25) is 0 Å². The molecule has 1 aromatic heterocycles. The maximum Gasteiger partial charge on any atom is 0.492 e. The van der Waals surface area contributed by atoms with Crippen molar-refractivity contribution in [2.75, 3.05) is 20.3 Å².